The van der Waals surface area contributed by atoms with Crippen LogP contribution in [0.25, 0.3) is 0 Å². The van der Waals surface area contributed by atoms with Crippen molar-refractivity contribution >= 4 is 11.3 Å². The Morgan fingerprint density at radius 2 is 1.85 bits per heavy atom. The van der Waals surface area contributed by atoms with Gasteiger partial charge in [0.15, 0.2) is 0 Å². The van der Waals surface area contributed by atoms with Crippen molar-refractivity contribution in [3.05, 3.63) is 45.9 Å². The van der Waals surface area contributed by atoms with Gasteiger partial charge in [-0.15, -0.1) is 11.3 Å². The first-order valence-corrected chi connectivity index (χ1v) is 10.7. The van der Waals surface area contributed by atoms with Crippen LogP contribution in [0.4, 0.5) is 0 Å². The number of aromatic nitrogens is 1. The van der Waals surface area contributed by atoms with E-state index in [9.17, 15) is 5.11 Å². The minimum absolute atomic E-state index is 0.734. The maximum absolute atomic E-state index is 11.1. The Morgan fingerprint density at radius 1 is 1.19 bits per heavy atom. The lowest BCUT2D eigenvalue weighted by molar-refractivity contribution is -0.0307. The van der Waals surface area contributed by atoms with E-state index >= 15 is 0 Å². The summed E-state index contributed by atoms with van der Waals surface area (Å²) in [7, 11) is 1.69. The predicted molar refractivity (Wildman–Crippen MR) is 110 cm³/mol. The van der Waals surface area contributed by atoms with Crippen LogP contribution in [0.1, 0.15) is 43.0 Å². The normalized spacial score (nSPS) is 17.4. The monoisotopic (exact) mass is 389 g/mol. The van der Waals surface area contributed by atoms with E-state index in [1.807, 2.05) is 12.1 Å². The van der Waals surface area contributed by atoms with Crippen molar-refractivity contribution in [3.8, 4) is 5.75 Å². The van der Waals surface area contributed by atoms with Crippen molar-refractivity contribution in [2.45, 2.75) is 45.4 Å². The molecule has 0 saturated carbocycles. The largest absolute Gasteiger partial charge is 0.497 e. The van der Waals surface area contributed by atoms with Crippen molar-refractivity contribution < 1.29 is 9.84 Å². The van der Waals surface area contributed by atoms with Crippen molar-refractivity contribution in [2.24, 2.45) is 0 Å². The molecule has 27 heavy (non-hydrogen) atoms. The van der Waals surface area contributed by atoms with Crippen LogP contribution in [-0.4, -0.2) is 53.2 Å². The van der Waals surface area contributed by atoms with E-state index in [0.29, 0.717) is 0 Å². The Labute approximate surface area is 166 Å². The van der Waals surface area contributed by atoms with Gasteiger partial charge in [0.25, 0.3) is 0 Å². The number of aliphatic hydroxyl groups is 1. The van der Waals surface area contributed by atoms with Crippen LogP contribution >= 0.6 is 11.3 Å². The molecule has 3 rings (SSSR count). The minimum atomic E-state index is -0.783. The van der Waals surface area contributed by atoms with E-state index in [1.165, 1.54) is 5.56 Å². The number of hydrogen-bond donors (Lipinski definition) is 1. The lowest BCUT2D eigenvalue weighted by Crippen LogP contribution is -2.42. The first-order chi connectivity index (χ1) is 13.1. The quantitative estimate of drug-likeness (QED) is 0.749. The molecule has 5 nitrogen and oxygen atoms in total. The van der Waals surface area contributed by atoms with Crippen molar-refractivity contribution in [2.75, 3.05) is 33.3 Å². The molecule has 1 aromatic carbocycles. The molecule has 6 heteroatoms. The average molecular weight is 390 g/mol. The Balaban J connectivity index is 1.56. The number of methoxy groups -OCH3 is 1. The fraction of sp³-hybridized carbons (Fsp3) is 0.571. The summed E-state index contributed by atoms with van der Waals surface area (Å²) in [4.78, 5) is 9.52. The van der Waals surface area contributed by atoms with Crippen LogP contribution < -0.4 is 4.74 Å². The van der Waals surface area contributed by atoms with E-state index in [4.69, 9.17) is 9.72 Å². The second-order valence-corrected chi connectivity index (χ2v) is 8.19. The lowest BCUT2D eigenvalue weighted by Gasteiger charge is -2.37. The summed E-state index contributed by atoms with van der Waals surface area (Å²) >= 11 is 1.67. The first-order valence-electron chi connectivity index (χ1n) is 9.81. The number of piperidine rings is 1. The van der Waals surface area contributed by atoms with Crippen LogP contribution in [0.15, 0.2) is 29.6 Å². The molecule has 0 atom stereocenters. The van der Waals surface area contributed by atoms with Crippen LogP contribution in [0, 0.1) is 0 Å². The summed E-state index contributed by atoms with van der Waals surface area (Å²) in [5.41, 5.74) is 1.35. The molecule has 1 saturated heterocycles. The molecule has 0 amide bonds. The summed E-state index contributed by atoms with van der Waals surface area (Å²) in [6, 6.07) is 8.23. The van der Waals surface area contributed by atoms with Gasteiger partial charge >= 0.3 is 0 Å². The van der Waals surface area contributed by atoms with Crippen molar-refractivity contribution in [1.82, 2.24) is 14.8 Å². The molecule has 2 aromatic rings. The van der Waals surface area contributed by atoms with Gasteiger partial charge < -0.3 is 9.84 Å². The van der Waals surface area contributed by atoms with Gasteiger partial charge in [-0.05, 0) is 43.6 Å². The summed E-state index contributed by atoms with van der Waals surface area (Å²) in [5.74, 6) is 0.885. The molecule has 1 N–H and O–H groups in total. The summed E-state index contributed by atoms with van der Waals surface area (Å²) < 4.78 is 5.22. The molecular weight excluding hydrogens is 358 g/mol. The third kappa shape index (κ3) is 5.08. The second-order valence-electron chi connectivity index (χ2n) is 7.24. The van der Waals surface area contributed by atoms with Crippen LogP contribution in [0.2, 0.25) is 0 Å². The molecule has 1 aliphatic rings. The maximum atomic E-state index is 11.1. The molecule has 2 heterocycles. The van der Waals surface area contributed by atoms with Crippen molar-refractivity contribution in [1.29, 1.82) is 0 Å². The van der Waals surface area contributed by atoms with Gasteiger partial charge in [0.05, 0.1) is 19.3 Å². The number of benzene rings is 1. The maximum Gasteiger partial charge on any atom is 0.118 e. The highest BCUT2D eigenvalue weighted by molar-refractivity contribution is 7.09. The second kappa shape index (κ2) is 9.15. The van der Waals surface area contributed by atoms with Crippen molar-refractivity contribution in [3.63, 3.8) is 0 Å². The summed E-state index contributed by atoms with van der Waals surface area (Å²) in [6.07, 6.45) is 1.47. The smallest absolute Gasteiger partial charge is 0.118 e. The number of rotatable bonds is 8. The van der Waals surface area contributed by atoms with E-state index in [-0.39, 0.29) is 0 Å². The Morgan fingerprint density at radius 3 is 2.44 bits per heavy atom. The topological polar surface area (TPSA) is 48.8 Å². The average Bonchev–Trinajstić information content (AvgIpc) is 3.18. The highest BCUT2D eigenvalue weighted by Gasteiger charge is 2.36. The van der Waals surface area contributed by atoms with Crippen LogP contribution in [0.5, 0.6) is 5.75 Å². The van der Waals surface area contributed by atoms with Gasteiger partial charge in [-0.25, -0.2) is 4.98 Å². The fourth-order valence-corrected chi connectivity index (χ4v) is 4.49. The SMILES string of the molecule is CCN(CC)Cc1nc(C2(O)CCN(Cc3ccc(OC)cc3)CC2)cs1. The molecular formula is C21H31N3O2S. The molecule has 0 bridgehead atoms. The molecule has 0 radical (unpaired) electrons. The number of ether oxygens (including phenoxy) is 1. The highest BCUT2D eigenvalue weighted by atomic mass is 32.1. The van der Waals surface area contributed by atoms with Gasteiger partial charge in [0.1, 0.15) is 16.4 Å². The zero-order valence-electron chi connectivity index (χ0n) is 16.6. The van der Waals surface area contributed by atoms with E-state index in [0.717, 1.165) is 68.6 Å². The van der Waals surface area contributed by atoms with Crippen LogP contribution in [-0.2, 0) is 18.7 Å². The number of hydrogen-bond acceptors (Lipinski definition) is 6. The Kier molecular flexibility index (Phi) is 6.87. The zero-order valence-corrected chi connectivity index (χ0v) is 17.5. The highest BCUT2D eigenvalue weighted by Crippen LogP contribution is 2.34. The van der Waals surface area contributed by atoms with Crippen LogP contribution in [0.3, 0.4) is 0 Å². The fourth-order valence-electron chi connectivity index (χ4n) is 3.56. The number of thiazole rings is 1. The Hall–Kier alpha value is -1.47. The van der Waals surface area contributed by atoms with Gasteiger partial charge in [-0.2, -0.15) is 0 Å². The first kappa shape index (κ1) is 20.3. The van der Waals surface area contributed by atoms with E-state index in [1.54, 1.807) is 18.4 Å². The number of likely N-dealkylation sites (tertiary alicyclic amines) is 1. The molecule has 148 valence electrons. The van der Waals surface area contributed by atoms with E-state index in [2.05, 4.69) is 41.2 Å². The third-order valence-corrected chi connectivity index (χ3v) is 6.36. The van der Waals surface area contributed by atoms with E-state index < -0.39 is 5.60 Å². The minimum Gasteiger partial charge on any atom is -0.497 e. The summed E-state index contributed by atoms with van der Waals surface area (Å²) in [5, 5.41) is 14.3. The predicted octanol–water partition coefficient (Wildman–Crippen LogP) is 3.48. The molecule has 1 aromatic heterocycles. The van der Waals surface area contributed by atoms with Gasteiger partial charge in [0.2, 0.25) is 0 Å². The molecule has 1 fully saturated rings. The van der Waals surface area contributed by atoms with Gasteiger partial charge in [0, 0.05) is 25.0 Å². The molecule has 0 aliphatic carbocycles. The van der Waals surface area contributed by atoms with Gasteiger partial charge in [-0.1, -0.05) is 26.0 Å². The number of nitrogens with zero attached hydrogens (tertiary/aromatic N) is 3. The van der Waals surface area contributed by atoms with Gasteiger partial charge in [-0.3, -0.25) is 9.80 Å². The zero-order chi connectivity index (χ0) is 19.3. The lowest BCUT2D eigenvalue weighted by atomic mass is 9.88. The summed E-state index contributed by atoms with van der Waals surface area (Å²) in [6.45, 7) is 9.93. The standard InChI is InChI=1S/C21H31N3O2S/c1-4-23(5-2)15-20-22-19(16-27-20)21(25)10-12-24(13-11-21)14-17-6-8-18(26-3)9-7-17/h6-9,16,25H,4-5,10-15H2,1-3H3. The molecule has 0 unspecified atom stereocenters. The Bertz CT molecular complexity index is 704. The molecule has 1 aliphatic heterocycles. The molecule has 0 spiro atoms. The third-order valence-electron chi connectivity index (χ3n) is 5.53.